The van der Waals surface area contributed by atoms with Gasteiger partial charge in [0.15, 0.2) is 0 Å². The summed E-state index contributed by atoms with van der Waals surface area (Å²) in [5.41, 5.74) is 2.22. The summed E-state index contributed by atoms with van der Waals surface area (Å²) in [6.45, 7) is 7.47. The number of aryl methyl sites for hydroxylation is 2. The van der Waals surface area contributed by atoms with Crippen LogP contribution < -0.4 is 4.74 Å². The van der Waals surface area contributed by atoms with E-state index in [1.54, 1.807) is 13.8 Å². The van der Waals surface area contributed by atoms with E-state index < -0.39 is 6.29 Å². The summed E-state index contributed by atoms with van der Waals surface area (Å²) in [5, 5.41) is 0. The second-order valence-electron chi connectivity index (χ2n) is 3.80. The van der Waals surface area contributed by atoms with Crippen molar-refractivity contribution in [1.82, 2.24) is 0 Å². The van der Waals surface area contributed by atoms with Gasteiger partial charge in [0.25, 0.3) is 0 Å². The normalized spacial score (nSPS) is 12.0. The quantitative estimate of drug-likeness (QED) is 0.580. The number of carbonyl (C=O) groups is 1. The molecule has 1 rings (SSSR count). The molecule has 88 valence electrons. The third-order valence-electron chi connectivity index (χ3n) is 2.21. The highest BCUT2D eigenvalue weighted by molar-refractivity contribution is 5.68. The number of esters is 1. The van der Waals surface area contributed by atoms with Crippen LogP contribution in [0.1, 0.15) is 31.4 Å². The number of ether oxygens (including phenoxy) is 2. The molecule has 1 aromatic rings. The second kappa shape index (κ2) is 5.54. The molecule has 0 saturated carbocycles. The van der Waals surface area contributed by atoms with Crippen molar-refractivity contribution in [2.24, 2.45) is 0 Å². The maximum atomic E-state index is 11.0. The predicted octanol–water partition coefficient (Wildman–Crippen LogP) is 2.98. The summed E-state index contributed by atoms with van der Waals surface area (Å²) in [5.74, 6) is 0.499. The minimum Gasteiger partial charge on any atom is -0.455 e. The Morgan fingerprint density at radius 1 is 1.38 bits per heavy atom. The van der Waals surface area contributed by atoms with Crippen molar-refractivity contribution >= 4 is 5.97 Å². The Kier molecular flexibility index (Phi) is 4.35. The van der Waals surface area contributed by atoms with Gasteiger partial charge < -0.3 is 9.47 Å². The lowest BCUT2D eigenvalue weighted by molar-refractivity contribution is -0.160. The van der Waals surface area contributed by atoms with Gasteiger partial charge in [-0.3, -0.25) is 4.79 Å². The van der Waals surface area contributed by atoms with Crippen LogP contribution in [-0.2, 0) is 9.53 Å². The molecule has 1 atom stereocenters. The molecule has 16 heavy (non-hydrogen) atoms. The largest absolute Gasteiger partial charge is 0.455 e. The average molecular weight is 222 g/mol. The summed E-state index contributed by atoms with van der Waals surface area (Å²) in [6.07, 6.45) is -0.186. The van der Waals surface area contributed by atoms with Crippen molar-refractivity contribution in [2.75, 3.05) is 0 Å². The first-order chi connectivity index (χ1) is 7.52. The summed E-state index contributed by atoms with van der Waals surface area (Å²) in [6, 6.07) is 5.89. The lowest BCUT2D eigenvalue weighted by Crippen LogP contribution is -2.20. The standard InChI is InChI=1S/C13H18O3/c1-5-13(14)16-11(4)15-12-7-6-9(2)8-10(12)3/h6-8,11H,5H2,1-4H3. The van der Waals surface area contributed by atoms with Crippen LogP contribution in [-0.4, -0.2) is 12.3 Å². The molecular weight excluding hydrogens is 204 g/mol. The summed E-state index contributed by atoms with van der Waals surface area (Å²) < 4.78 is 10.6. The first-order valence-corrected chi connectivity index (χ1v) is 5.46. The lowest BCUT2D eigenvalue weighted by atomic mass is 10.1. The first kappa shape index (κ1) is 12.6. The molecule has 0 aliphatic heterocycles. The Bertz CT molecular complexity index is 371. The highest BCUT2D eigenvalue weighted by Crippen LogP contribution is 2.20. The van der Waals surface area contributed by atoms with Gasteiger partial charge in [-0.25, -0.2) is 0 Å². The molecule has 0 bridgehead atoms. The van der Waals surface area contributed by atoms with Crippen LogP contribution >= 0.6 is 0 Å². The molecule has 0 aliphatic carbocycles. The third kappa shape index (κ3) is 3.57. The molecule has 0 spiro atoms. The summed E-state index contributed by atoms with van der Waals surface area (Å²) >= 11 is 0. The van der Waals surface area contributed by atoms with E-state index in [4.69, 9.17) is 9.47 Å². The molecule has 3 heteroatoms. The highest BCUT2D eigenvalue weighted by Gasteiger charge is 2.10. The van der Waals surface area contributed by atoms with Gasteiger partial charge >= 0.3 is 5.97 Å². The number of hydrogen-bond donors (Lipinski definition) is 0. The first-order valence-electron chi connectivity index (χ1n) is 5.46. The lowest BCUT2D eigenvalue weighted by Gasteiger charge is -2.16. The predicted molar refractivity (Wildman–Crippen MR) is 62.4 cm³/mol. The fraction of sp³-hybridized carbons (Fsp3) is 0.462. The van der Waals surface area contributed by atoms with Crippen LogP contribution in [0.4, 0.5) is 0 Å². The van der Waals surface area contributed by atoms with E-state index in [1.165, 1.54) is 5.56 Å². The minimum atomic E-state index is -0.547. The zero-order valence-electron chi connectivity index (χ0n) is 10.2. The van der Waals surface area contributed by atoms with E-state index in [0.29, 0.717) is 6.42 Å². The van der Waals surface area contributed by atoms with Crippen molar-refractivity contribution in [3.63, 3.8) is 0 Å². The number of benzene rings is 1. The molecular formula is C13H18O3. The molecule has 0 fully saturated rings. The zero-order valence-corrected chi connectivity index (χ0v) is 10.2. The Hall–Kier alpha value is -1.51. The number of hydrogen-bond acceptors (Lipinski definition) is 3. The van der Waals surface area contributed by atoms with Crippen molar-refractivity contribution in [3.8, 4) is 5.75 Å². The SMILES string of the molecule is CCC(=O)OC(C)Oc1ccc(C)cc1C. The van der Waals surface area contributed by atoms with E-state index in [0.717, 1.165) is 11.3 Å². The fourth-order valence-electron chi connectivity index (χ4n) is 1.40. The molecule has 0 aliphatic rings. The van der Waals surface area contributed by atoms with Crippen LogP contribution in [0.2, 0.25) is 0 Å². The van der Waals surface area contributed by atoms with Crippen LogP contribution in [0.3, 0.4) is 0 Å². The molecule has 0 N–H and O–H groups in total. The van der Waals surface area contributed by atoms with Crippen LogP contribution in [0.5, 0.6) is 5.75 Å². The van der Waals surface area contributed by atoms with Gasteiger partial charge in [-0.15, -0.1) is 0 Å². The minimum absolute atomic E-state index is 0.253. The van der Waals surface area contributed by atoms with E-state index in [-0.39, 0.29) is 5.97 Å². The number of rotatable bonds is 4. The Balaban J connectivity index is 2.62. The molecule has 0 radical (unpaired) electrons. The monoisotopic (exact) mass is 222 g/mol. The maximum Gasteiger partial charge on any atom is 0.308 e. The average Bonchev–Trinajstić information content (AvgIpc) is 2.22. The van der Waals surface area contributed by atoms with Gasteiger partial charge in [0, 0.05) is 13.3 Å². The van der Waals surface area contributed by atoms with E-state index in [2.05, 4.69) is 0 Å². The van der Waals surface area contributed by atoms with Crippen molar-refractivity contribution in [2.45, 2.75) is 40.4 Å². The zero-order chi connectivity index (χ0) is 12.1. The van der Waals surface area contributed by atoms with E-state index >= 15 is 0 Å². The summed E-state index contributed by atoms with van der Waals surface area (Å²) in [4.78, 5) is 11.0. The molecule has 0 heterocycles. The van der Waals surface area contributed by atoms with Gasteiger partial charge in [0.05, 0.1) is 0 Å². The molecule has 0 saturated heterocycles. The number of carbonyl (C=O) groups excluding carboxylic acids is 1. The maximum absolute atomic E-state index is 11.0. The fourth-order valence-corrected chi connectivity index (χ4v) is 1.40. The van der Waals surface area contributed by atoms with Gasteiger partial charge in [0.1, 0.15) is 5.75 Å². The third-order valence-corrected chi connectivity index (χ3v) is 2.21. The molecule has 0 amide bonds. The van der Waals surface area contributed by atoms with E-state index in [1.807, 2.05) is 32.0 Å². The van der Waals surface area contributed by atoms with E-state index in [9.17, 15) is 4.79 Å². The smallest absolute Gasteiger partial charge is 0.308 e. The summed E-state index contributed by atoms with van der Waals surface area (Å²) in [7, 11) is 0. The molecule has 1 unspecified atom stereocenters. The molecule has 0 aromatic heterocycles. The van der Waals surface area contributed by atoms with Gasteiger partial charge in [-0.05, 0) is 25.5 Å². The van der Waals surface area contributed by atoms with Crippen molar-refractivity contribution < 1.29 is 14.3 Å². The highest BCUT2D eigenvalue weighted by atomic mass is 16.7. The van der Waals surface area contributed by atoms with Gasteiger partial charge in [-0.1, -0.05) is 24.6 Å². The van der Waals surface area contributed by atoms with Crippen molar-refractivity contribution in [1.29, 1.82) is 0 Å². The Labute approximate surface area is 96.4 Å². The second-order valence-corrected chi connectivity index (χ2v) is 3.80. The van der Waals surface area contributed by atoms with Crippen LogP contribution in [0.15, 0.2) is 18.2 Å². The molecule has 3 nitrogen and oxygen atoms in total. The van der Waals surface area contributed by atoms with Gasteiger partial charge in [0.2, 0.25) is 6.29 Å². The Morgan fingerprint density at radius 2 is 2.06 bits per heavy atom. The van der Waals surface area contributed by atoms with Gasteiger partial charge in [-0.2, -0.15) is 0 Å². The Morgan fingerprint density at radius 3 is 2.62 bits per heavy atom. The van der Waals surface area contributed by atoms with Crippen molar-refractivity contribution in [3.05, 3.63) is 29.3 Å². The van der Waals surface area contributed by atoms with Crippen LogP contribution in [0.25, 0.3) is 0 Å². The topological polar surface area (TPSA) is 35.5 Å². The molecule has 1 aromatic carbocycles. The van der Waals surface area contributed by atoms with Crippen LogP contribution in [0, 0.1) is 13.8 Å².